The summed E-state index contributed by atoms with van der Waals surface area (Å²) in [6.07, 6.45) is 5.36. The van der Waals surface area contributed by atoms with Crippen LogP contribution in [0.5, 0.6) is 0 Å². The quantitative estimate of drug-likeness (QED) is 0.596. The van der Waals surface area contributed by atoms with Crippen LogP contribution >= 0.6 is 30.3 Å². The molecule has 2 heterocycles. The Labute approximate surface area is 128 Å². The Bertz CT molecular complexity index is 638. The molecule has 0 saturated carbocycles. The molecule has 0 radical (unpaired) electrons. The van der Waals surface area contributed by atoms with Crippen molar-refractivity contribution in [1.82, 2.24) is 13.9 Å². The van der Waals surface area contributed by atoms with Gasteiger partial charge in [-0.3, -0.25) is 8.77 Å². The fourth-order valence-corrected chi connectivity index (χ4v) is 3.21. The first-order valence-corrected chi connectivity index (χ1v) is 9.03. The van der Waals surface area contributed by atoms with Crippen LogP contribution in [0.25, 0.3) is 11.0 Å². The molecule has 6 heteroatoms. The van der Waals surface area contributed by atoms with E-state index in [4.69, 9.17) is 0 Å². The van der Waals surface area contributed by atoms with Crippen molar-refractivity contribution >= 4 is 47.3 Å². The van der Waals surface area contributed by atoms with Crippen molar-refractivity contribution in [2.24, 2.45) is 0 Å². The van der Waals surface area contributed by atoms with Crippen molar-refractivity contribution in [2.75, 3.05) is 13.6 Å². The second kappa shape index (κ2) is 5.96. The van der Waals surface area contributed by atoms with E-state index in [1.54, 1.807) is 33.3 Å². The highest BCUT2D eigenvalue weighted by atomic mass is 127. The van der Waals surface area contributed by atoms with Crippen LogP contribution in [0.3, 0.4) is 0 Å². The first-order valence-electron chi connectivity index (χ1n) is 5.71. The van der Waals surface area contributed by atoms with Gasteiger partial charge in [0.25, 0.3) is 5.91 Å². The lowest BCUT2D eigenvalue weighted by molar-refractivity contribution is 0.0810. The molecule has 19 heavy (non-hydrogen) atoms. The number of aromatic nitrogens is 2. The number of nitrogens with zero attached hydrogens (tertiary/aromatic N) is 3. The highest BCUT2D eigenvalue weighted by Crippen LogP contribution is 2.27. The van der Waals surface area contributed by atoms with Gasteiger partial charge >= 0.3 is 0 Å². The van der Waals surface area contributed by atoms with Gasteiger partial charge in [0, 0.05) is 61.7 Å². The van der Waals surface area contributed by atoms with Gasteiger partial charge in [0.05, 0.1) is 5.56 Å². The van der Waals surface area contributed by atoms with E-state index in [2.05, 4.69) is 32.8 Å². The predicted octanol–water partition coefficient (Wildman–Crippen LogP) is 3.45. The number of fused-ring (bicyclic) bond motifs is 1. The van der Waals surface area contributed by atoms with Crippen molar-refractivity contribution in [3.8, 4) is 0 Å². The molecule has 0 bridgehead atoms. The zero-order chi connectivity index (χ0) is 14.0. The predicted molar refractivity (Wildman–Crippen MR) is 88.6 cm³/mol. The van der Waals surface area contributed by atoms with Crippen molar-refractivity contribution in [2.45, 2.75) is 6.92 Å². The minimum atomic E-state index is -0.0384. The van der Waals surface area contributed by atoms with Gasteiger partial charge < -0.3 is 4.90 Å². The minimum Gasteiger partial charge on any atom is -0.338 e. The summed E-state index contributed by atoms with van der Waals surface area (Å²) >= 11 is 2.21. The number of halogens is 1. The van der Waals surface area contributed by atoms with E-state index in [1.807, 2.05) is 23.2 Å². The first kappa shape index (κ1) is 14.4. The number of carbonyl (C=O) groups excluding carboxylic acids is 1. The molecule has 0 aliphatic carbocycles. The van der Waals surface area contributed by atoms with Crippen molar-refractivity contribution in [3.05, 3.63) is 42.2 Å². The summed E-state index contributed by atoms with van der Waals surface area (Å²) in [6.45, 7) is 6.19. The third kappa shape index (κ3) is 2.79. The molecule has 0 aromatic carbocycles. The zero-order valence-electron chi connectivity index (χ0n) is 10.8. The van der Waals surface area contributed by atoms with E-state index in [0.29, 0.717) is 12.1 Å². The summed E-state index contributed by atoms with van der Waals surface area (Å²) in [7, 11) is 3.32. The molecule has 0 unspecified atom stereocenters. The van der Waals surface area contributed by atoms with Gasteiger partial charge in [-0.15, -0.1) is 6.58 Å². The molecule has 4 nitrogen and oxygen atoms in total. The number of hydrogen-bond donors (Lipinski definition) is 0. The molecule has 2 rings (SSSR count). The average molecular weight is 387 g/mol. The van der Waals surface area contributed by atoms with Crippen LogP contribution in [-0.2, 0) is 0 Å². The van der Waals surface area contributed by atoms with Crippen LogP contribution in [0.4, 0.5) is 0 Å². The molecule has 1 amide bonds. The van der Waals surface area contributed by atoms with Crippen molar-refractivity contribution in [1.29, 1.82) is 0 Å². The summed E-state index contributed by atoms with van der Waals surface area (Å²) in [5.74, 6) is -0.0384. The number of rotatable bonds is 4. The molecular weight excluding hydrogens is 373 g/mol. The lowest BCUT2D eigenvalue weighted by Gasteiger charge is -2.14. The SMILES string of the molecule is C=CCN(C)C(=O)c1cnc2c(c1)c(C)cn2SI. The molecule has 0 spiro atoms. The van der Waals surface area contributed by atoms with Crippen LogP contribution in [0.2, 0.25) is 0 Å². The molecule has 0 aliphatic heterocycles. The molecule has 2 aromatic heterocycles. The molecule has 0 N–H and O–H groups in total. The number of amides is 1. The fourth-order valence-electron chi connectivity index (χ4n) is 1.90. The van der Waals surface area contributed by atoms with Gasteiger partial charge in [0.15, 0.2) is 5.65 Å². The maximum atomic E-state index is 12.2. The Kier molecular flexibility index (Phi) is 4.51. The molecule has 0 saturated heterocycles. The molecule has 100 valence electrons. The Balaban J connectivity index is 2.44. The maximum absolute atomic E-state index is 12.2. The smallest absolute Gasteiger partial charge is 0.255 e. The second-order valence-electron chi connectivity index (χ2n) is 4.28. The highest BCUT2D eigenvalue weighted by molar-refractivity contribution is 14.2. The van der Waals surface area contributed by atoms with E-state index in [-0.39, 0.29) is 5.91 Å². The largest absolute Gasteiger partial charge is 0.338 e. The Morgan fingerprint density at radius 3 is 3.05 bits per heavy atom. The summed E-state index contributed by atoms with van der Waals surface area (Å²) < 4.78 is 1.99. The summed E-state index contributed by atoms with van der Waals surface area (Å²) in [5, 5.41) is 1.02. The standard InChI is InChI=1S/C13H14IN3OS/c1-4-5-16(3)13(18)10-6-11-9(2)8-17(19-14)12(11)15-7-10/h4,6-8H,1,5H2,2-3H3. The fraction of sp³-hybridized carbons (Fsp3) is 0.231. The van der Waals surface area contributed by atoms with E-state index >= 15 is 0 Å². The first-order chi connectivity index (χ1) is 9.08. The summed E-state index contributed by atoms with van der Waals surface area (Å²) in [5.41, 5.74) is 2.61. The average Bonchev–Trinajstić information content (AvgIpc) is 2.74. The third-order valence-electron chi connectivity index (χ3n) is 2.88. The monoisotopic (exact) mass is 387 g/mol. The van der Waals surface area contributed by atoms with Crippen LogP contribution in [0, 0.1) is 6.92 Å². The van der Waals surface area contributed by atoms with Gasteiger partial charge in [-0.05, 0) is 18.6 Å². The number of carbonyl (C=O) groups is 1. The van der Waals surface area contributed by atoms with Crippen molar-refractivity contribution < 1.29 is 4.79 Å². The highest BCUT2D eigenvalue weighted by Gasteiger charge is 2.14. The van der Waals surface area contributed by atoms with Crippen LogP contribution in [0.1, 0.15) is 15.9 Å². The number of hydrogen-bond acceptors (Lipinski definition) is 3. The Morgan fingerprint density at radius 2 is 2.42 bits per heavy atom. The zero-order valence-corrected chi connectivity index (χ0v) is 13.7. The minimum absolute atomic E-state index is 0.0384. The van der Waals surface area contributed by atoms with Gasteiger partial charge in [-0.1, -0.05) is 6.08 Å². The van der Waals surface area contributed by atoms with Crippen LogP contribution < -0.4 is 0 Å². The lowest BCUT2D eigenvalue weighted by Crippen LogP contribution is -2.26. The molecule has 0 fully saturated rings. The van der Waals surface area contributed by atoms with Gasteiger partial charge in [0.1, 0.15) is 0 Å². The van der Waals surface area contributed by atoms with Gasteiger partial charge in [-0.2, -0.15) is 0 Å². The number of pyridine rings is 1. The topological polar surface area (TPSA) is 38.1 Å². The maximum Gasteiger partial charge on any atom is 0.255 e. The summed E-state index contributed by atoms with van der Waals surface area (Å²) in [6, 6.07) is 1.91. The molecule has 0 aliphatic rings. The van der Waals surface area contributed by atoms with E-state index in [1.165, 1.54) is 0 Å². The molecule has 0 atom stereocenters. The van der Waals surface area contributed by atoms with Crippen LogP contribution in [0.15, 0.2) is 31.1 Å². The summed E-state index contributed by atoms with van der Waals surface area (Å²) in [4.78, 5) is 18.2. The van der Waals surface area contributed by atoms with Crippen molar-refractivity contribution in [3.63, 3.8) is 0 Å². The van der Waals surface area contributed by atoms with E-state index in [9.17, 15) is 4.79 Å². The normalized spacial score (nSPS) is 10.7. The number of likely N-dealkylation sites (N-methyl/N-ethyl adjacent to an activating group) is 1. The molecule has 2 aromatic rings. The van der Waals surface area contributed by atoms with E-state index < -0.39 is 0 Å². The van der Waals surface area contributed by atoms with Gasteiger partial charge in [0.2, 0.25) is 0 Å². The lowest BCUT2D eigenvalue weighted by atomic mass is 10.1. The van der Waals surface area contributed by atoms with Crippen LogP contribution in [-0.4, -0.2) is 33.4 Å². The Morgan fingerprint density at radius 1 is 1.68 bits per heavy atom. The van der Waals surface area contributed by atoms with Gasteiger partial charge in [-0.25, -0.2) is 4.98 Å². The third-order valence-corrected chi connectivity index (χ3v) is 4.58. The molecular formula is C13H14IN3OS. The van der Waals surface area contributed by atoms with E-state index in [0.717, 1.165) is 16.6 Å². The number of aryl methyl sites for hydroxylation is 1. The second-order valence-corrected chi connectivity index (χ2v) is 5.99. The Hall–Kier alpha value is -1.02.